The molecule has 1 aliphatic rings. The lowest BCUT2D eigenvalue weighted by molar-refractivity contribution is -0.142. The first-order valence-corrected chi connectivity index (χ1v) is 4.52. The van der Waals surface area contributed by atoms with Crippen LogP contribution in [0.5, 0.6) is 0 Å². The van der Waals surface area contributed by atoms with Crippen molar-refractivity contribution in [1.82, 2.24) is 0 Å². The first-order valence-electron chi connectivity index (χ1n) is 3.48. The topological polar surface area (TPSA) is 43.4 Å². The summed E-state index contributed by atoms with van der Waals surface area (Å²) in [5.41, 5.74) is 0. The number of ketones is 1. The Morgan fingerprint density at radius 2 is 2.45 bits per heavy atom. The molecule has 11 heavy (non-hydrogen) atoms. The van der Waals surface area contributed by atoms with Gasteiger partial charge >= 0.3 is 5.97 Å². The molecule has 1 saturated heterocycles. The number of carbonyl (C=O) groups is 2. The molecule has 4 heteroatoms. The van der Waals surface area contributed by atoms with E-state index < -0.39 is 11.2 Å². The monoisotopic (exact) mass is 174 g/mol. The maximum atomic E-state index is 11.1. The van der Waals surface area contributed by atoms with E-state index in [-0.39, 0.29) is 5.78 Å². The van der Waals surface area contributed by atoms with Crippen molar-refractivity contribution >= 4 is 23.5 Å². The van der Waals surface area contributed by atoms with Crippen LogP contribution in [0.15, 0.2) is 0 Å². The van der Waals surface area contributed by atoms with E-state index in [1.54, 1.807) is 0 Å². The number of rotatable bonds is 1. The fourth-order valence-electron chi connectivity index (χ4n) is 0.978. The van der Waals surface area contributed by atoms with E-state index in [2.05, 4.69) is 4.74 Å². The number of hydrogen-bond donors (Lipinski definition) is 0. The minimum atomic E-state index is -0.547. The maximum Gasteiger partial charge on any atom is 0.326 e. The van der Waals surface area contributed by atoms with Crippen LogP contribution >= 0.6 is 11.8 Å². The predicted octanol–water partition coefficient (Wildman–Crippen LogP) is 0.624. The average molecular weight is 174 g/mol. The summed E-state index contributed by atoms with van der Waals surface area (Å²) in [6, 6.07) is 0. The lowest BCUT2D eigenvalue weighted by Gasteiger charge is -2.17. The largest absolute Gasteiger partial charge is 0.468 e. The lowest BCUT2D eigenvalue weighted by Crippen LogP contribution is -2.31. The van der Waals surface area contributed by atoms with Crippen molar-refractivity contribution in [2.24, 2.45) is 0 Å². The highest BCUT2D eigenvalue weighted by atomic mass is 32.2. The summed E-state index contributed by atoms with van der Waals surface area (Å²) in [5, 5.41) is -0.547. The van der Waals surface area contributed by atoms with E-state index in [0.717, 1.165) is 12.2 Å². The number of esters is 1. The summed E-state index contributed by atoms with van der Waals surface area (Å²) in [4.78, 5) is 22.0. The fraction of sp³-hybridized carbons (Fsp3) is 0.714. The molecular weight excluding hydrogens is 164 g/mol. The highest BCUT2D eigenvalue weighted by Crippen LogP contribution is 2.22. The van der Waals surface area contributed by atoms with Crippen LogP contribution in [0.1, 0.15) is 12.8 Å². The lowest BCUT2D eigenvalue weighted by atomic mass is 10.1. The van der Waals surface area contributed by atoms with Gasteiger partial charge in [0.25, 0.3) is 0 Å². The Balaban J connectivity index is 2.54. The molecule has 0 radical (unpaired) electrons. The van der Waals surface area contributed by atoms with Crippen molar-refractivity contribution in [1.29, 1.82) is 0 Å². The van der Waals surface area contributed by atoms with Crippen molar-refractivity contribution in [3.63, 3.8) is 0 Å². The van der Waals surface area contributed by atoms with Gasteiger partial charge in [0, 0.05) is 6.42 Å². The Labute approximate surface area is 69.5 Å². The van der Waals surface area contributed by atoms with E-state index in [4.69, 9.17) is 0 Å². The van der Waals surface area contributed by atoms with Crippen LogP contribution in [0.2, 0.25) is 0 Å². The molecule has 0 aliphatic carbocycles. The second kappa shape index (κ2) is 3.76. The minimum absolute atomic E-state index is 0.00750. The van der Waals surface area contributed by atoms with Crippen LogP contribution in [-0.2, 0) is 14.3 Å². The number of methoxy groups -OCH3 is 1. The van der Waals surface area contributed by atoms with E-state index >= 15 is 0 Å². The molecular formula is C7H10O3S. The Morgan fingerprint density at radius 3 is 3.00 bits per heavy atom. The third kappa shape index (κ3) is 1.96. The van der Waals surface area contributed by atoms with Gasteiger partial charge in [0.2, 0.25) is 0 Å². The second-order valence-corrected chi connectivity index (χ2v) is 3.56. The highest BCUT2D eigenvalue weighted by Gasteiger charge is 2.30. The molecule has 0 saturated carbocycles. The standard InChI is InChI=1S/C7H10O3S/c1-10-7(9)6-5(8)3-2-4-11-6/h6H,2-4H2,1H3/t6-/m0/s1. The van der Waals surface area contributed by atoms with Gasteiger partial charge < -0.3 is 4.74 Å². The summed E-state index contributed by atoms with van der Waals surface area (Å²) in [5.74, 6) is 0.485. The molecule has 0 aromatic carbocycles. The van der Waals surface area contributed by atoms with Crippen molar-refractivity contribution in [3.8, 4) is 0 Å². The van der Waals surface area contributed by atoms with Gasteiger partial charge in [-0.3, -0.25) is 9.59 Å². The van der Waals surface area contributed by atoms with Crippen LogP contribution < -0.4 is 0 Å². The van der Waals surface area contributed by atoms with Crippen molar-refractivity contribution in [2.45, 2.75) is 18.1 Å². The molecule has 1 rings (SSSR count). The molecule has 0 aromatic rings. The van der Waals surface area contributed by atoms with Crippen molar-refractivity contribution in [3.05, 3.63) is 0 Å². The molecule has 1 fully saturated rings. The van der Waals surface area contributed by atoms with Gasteiger partial charge in [-0.05, 0) is 12.2 Å². The zero-order chi connectivity index (χ0) is 8.27. The Kier molecular flexibility index (Phi) is 2.93. The molecule has 62 valence electrons. The molecule has 0 N–H and O–H groups in total. The Morgan fingerprint density at radius 1 is 1.73 bits per heavy atom. The molecule has 0 spiro atoms. The summed E-state index contributed by atoms with van der Waals surface area (Å²) >= 11 is 1.38. The molecule has 0 unspecified atom stereocenters. The molecule has 0 amide bonds. The molecule has 1 aliphatic heterocycles. The Hall–Kier alpha value is -0.510. The molecule has 1 atom stereocenters. The number of carbonyl (C=O) groups excluding carboxylic acids is 2. The van der Waals surface area contributed by atoms with Crippen LogP contribution in [0.4, 0.5) is 0 Å². The number of thioether (sulfide) groups is 1. The van der Waals surface area contributed by atoms with Crippen LogP contribution in [0.3, 0.4) is 0 Å². The van der Waals surface area contributed by atoms with Gasteiger partial charge in [-0.2, -0.15) is 0 Å². The van der Waals surface area contributed by atoms with Crippen LogP contribution in [0.25, 0.3) is 0 Å². The Bertz CT molecular complexity index is 171. The van der Waals surface area contributed by atoms with E-state index in [1.165, 1.54) is 18.9 Å². The number of hydrogen-bond acceptors (Lipinski definition) is 4. The smallest absolute Gasteiger partial charge is 0.326 e. The average Bonchev–Trinajstić information content (AvgIpc) is 2.04. The zero-order valence-corrected chi connectivity index (χ0v) is 7.15. The van der Waals surface area contributed by atoms with Crippen LogP contribution in [-0.4, -0.2) is 29.9 Å². The highest BCUT2D eigenvalue weighted by molar-refractivity contribution is 8.01. The normalized spacial score (nSPS) is 24.8. The van der Waals surface area contributed by atoms with E-state index in [9.17, 15) is 9.59 Å². The second-order valence-electron chi connectivity index (χ2n) is 2.34. The first-order chi connectivity index (χ1) is 5.25. The quantitative estimate of drug-likeness (QED) is 0.432. The van der Waals surface area contributed by atoms with Gasteiger partial charge in [-0.15, -0.1) is 11.8 Å². The molecule has 0 aromatic heterocycles. The summed E-state index contributed by atoms with van der Waals surface area (Å²) in [7, 11) is 1.31. The van der Waals surface area contributed by atoms with Crippen molar-refractivity contribution in [2.75, 3.05) is 12.9 Å². The van der Waals surface area contributed by atoms with Gasteiger partial charge in [-0.1, -0.05) is 0 Å². The molecule has 3 nitrogen and oxygen atoms in total. The van der Waals surface area contributed by atoms with Gasteiger partial charge in [0.05, 0.1) is 7.11 Å². The SMILES string of the molecule is COC(=O)[C@H]1SCCCC1=O. The minimum Gasteiger partial charge on any atom is -0.468 e. The zero-order valence-electron chi connectivity index (χ0n) is 6.33. The van der Waals surface area contributed by atoms with Gasteiger partial charge in [0.15, 0.2) is 11.0 Å². The van der Waals surface area contributed by atoms with E-state index in [0.29, 0.717) is 6.42 Å². The van der Waals surface area contributed by atoms with Crippen molar-refractivity contribution < 1.29 is 14.3 Å². The van der Waals surface area contributed by atoms with Gasteiger partial charge in [-0.25, -0.2) is 0 Å². The van der Waals surface area contributed by atoms with E-state index in [1.807, 2.05) is 0 Å². The molecule has 0 bridgehead atoms. The summed E-state index contributed by atoms with van der Waals surface area (Å²) in [6.45, 7) is 0. The van der Waals surface area contributed by atoms with Crippen LogP contribution in [0, 0.1) is 0 Å². The number of ether oxygens (including phenoxy) is 1. The number of Topliss-reactive ketones (excluding diaryl/α,β-unsaturated/α-hetero) is 1. The van der Waals surface area contributed by atoms with Gasteiger partial charge in [0.1, 0.15) is 0 Å². The third-order valence-electron chi connectivity index (χ3n) is 1.56. The molecule has 1 heterocycles. The first kappa shape index (κ1) is 8.59. The maximum absolute atomic E-state index is 11.1. The summed E-state index contributed by atoms with van der Waals surface area (Å²) < 4.78 is 4.48. The summed E-state index contributed by atoms with van der Waals surface area (Å²) in [6.07, 6.45) is 1.41. The predicted molar refractivity (Wildman–Crippen MR) is 42.5 cm³/mol. The third-order valence-corrected chi connectivity index (χ3v) is 2.87. The fourth-order valence-corrected chi connectivity index (χ4v) is 2.06.